The van der Waals surface area contributed by atoms with Crippen molar-refractivity contribution in [2.75, 3.05) is 19.8 Å². The molecule has 2 rings (SSSR count). The summed E-state index contributed by atoms with van der Waals surface area (Å²) in [5.41, 5.74) is 6.21. The maximum Gasteiger partial charge on any atom is 0.0526 e. The predicted octanol–water partition coefficient (Wildman–Crippen LogP) is 1.01. The molecule has 0 aromatic rings. The average Bonchev–Trinajstić information content (AvgIpc) is 2.48. The standard InChI is InChI=1S/C9H17NO/c1-7(5-10)8-4-9(8)2-3-11-6-9/h7-8H,2-6,10H2,1H3. The monoisotopic (exact) mass is 155 g/mol. The van der Waals surface area contributed by atoms with Crippen LogP contribution in [0.3, 0.4) is 0 Å². The first-order valence-corrected chi connectivity index (χ1v) is 4.56. The maximum atomic E-state index is 5.62. The second-order valence-corrected chi connectivity index (χ2v) is 4.19. The van der Waals surface area contributed by atoms with Gasteiger partial charge in [-0.3, -0.25) is 0 Å². The summed E-state index contributed by atoms with van der Waals surface area (Å²) < 4.78 is 5.41. The summed E-state index contributed by atoms with van der Waals surface area (Å²) in [5, 5.41) is 0. The van der Waals surface area contributed by atoms with Crippen LogP contribution in [0.1, 0.15) is 19.8 Å². The number of ether oxygens (including phenoxy) is 1. The molecule has 0 bridgehead atoms. The van der Waals surface area contributed by atoms with E-state index in [1.165, 1.54) is 12.8 Å². The normalized spacial score (nSPS) is 44.7. The zero-order valence-corrected chi connectivity index (χ0v) is 7.18. The van der Waals surface area contributed by atoms with Crippen molar-refractivity contribution in [1.29, 1.82) is 0 Å². The van der Waals surface area contributed by atoms with E-state index in [9.17, 15) is 0 Å². The van der Waals surface area contributed by atoms with Crippen molar-refractivity contribution in [2.45, 2.75) is 19.8 Å². The Hall–Kier alpha value is -0.0800. The maximum absolute atomic E-state index is 5.62. The Labute approximate surface area is 68.1 Å². The van der Waals surface area contributed by atoms with Crippen molar-refractivity contribution < 1.29 is 4.74 Å². The van der Waals surface area contributed by atoms with Gasteiger partial charge < -0.3 is 10.5 Å². The molecule has 2 fully saturated rings. The van der Waals surface area contributed by atoms with Crippen LogP contribution in [0, 0.1) is 17.3 Å². The third kappa shape index (κ3) is 1.09. The lowest BCUT2D eigenvalue weighted by molar-refractivity contribution is 0.176. The summed E-state index contributed by atoms with van der Waals surface area (Å²) in [7, 11) is 0. The Morgan fingerprint density at radius 2 is 2.55 bits per heavy atom. The smallest absolute Gasteiger partial charge is 0.0526 e. The predicted molar refractivity (Wildman–Crippen MR) is 44.2 cm³/mol. The Balaban J connectivity index is 1.92. The summed E-state index contributed by atoms with van der Waals surface area (Å²) in [5.74, 6) is 1.58. The zero-order valence-electron chi connectivity index (χ0n) is 7.18. The molecular formula is C9H17NO. The van der Waals surface area contributed by atoms with Crippen LogP contribution in [-0.4, -0.2) is 19.8 Å². The van der Waals surface area contributed by atoms with Crippen LogP contribution in [0.5, 0.6) is 0 Å². The van der Waals surface area contributed by atoms with Crippen LogP contribution < -0.4 is 5.73 Å². The Kier molecular flexibility index (Phi) is 1.69. The number of nitrogens with two attached hydrogens (primary N) is 1. The van der Waals surface area contributed by atoms with E-state index in [1.54, 1.807) is 0 Å². The highest BCUT2D eigenvalue weighted by Crippen LogP contribution is 2.60. The van der Waals surface area contributed by atoms with Gasteiger partial charge in [0.15, 0.2) is 0 Å². The Bertz CT molecular complexity index is 152. The van der Waals surface area contributed by atoms with Crippen molar-refractivity contribution >= 4 is 0 Å². The van der Waals surface area contributed by atoms with Gasteiger partial charge in [-0.25, -0.2) is 0 Å². The van der Waals surface area contributed by atoms with Crippen LogP contribution in [0.15, 0.2) is 0 Å². The van der Waals surface area contributed by atoms with Crippen molar-refractivity contribution in [3.63, 3.8) is 0 Å². The molecular weight excluding hydrogens is 138 g/mol. The Morgan fingerprint density at radius 1 is 1.73 bits per heavy atom. The molecule has 1 heterocycles. The SMILES string of the molecule is CC(CN)C1CC12CCOC2. The third-order valence-electron chi connectivity index (χ3n) is 3.45. The van der Waals surface area contributed by atoms with E-state index < -0.39 is 0 Å². The van der Waals surface area contributed by atoms with Gasteiger partial charge in [0, 0.05) is 6.61 Å². The molecule has 1 aliphatic carbocycles. The van der Waals surface area contributed by atoms with Gasteiger partial charge in [0.05, 0.1) is 6.61 Å². The lowest BCUT2D eigenvalue weighted by Gasteiger charge is -2.11. The topological polar surface area (TPSA) is 35.2 Å². The van der Waals surface area contributed by atoms with E-state index in [1.807, 2.05) is 0 Å². The molecule has 1 aliphatic heterocycles. The lowest BCUT2D eigenvalue weighted by Crippen LogP contribution is -2.17. The molecule has 64 valence electrons. The van der Waals surface area contributed by atoms with Gasteiger partial charge in [-0.05, 0) is 36.6 Å². The molecule has 11 heavy (non-hydrogen) atoms. The largest absolute Gasteiger partial charge is 0.381 e. The van der Waals surface area contributed by atoms with Crippen molar-refractivity contribution in [2.24, 2.45) is 23.0 Å². The number of hydrogen-bond donors (Lipinski definition) is 1. The molecule has 0 aromatic heterocycles. The second-order valence-electron chi connectivity index (χ2n) is 4.19. The van der Waals surface area contributed by atoms with E-state index >= 15 is 0 Å². The minimum atomic E-state index is 0.582. The first kappa shape index (κ1) is 7.56. The van der Waals surface area contributed by atoms with Crippen LogP contribution in [-0.2, 0) is 4.74 Å². The molecule has 0 aromatic carbocycles. The first-order valence-electron chi connectivity index (χ1n) is 4.56. The fraction of sp³-hybridized carbons (Fsp3) is 1.00. The zero-order chi connectivity index (χ0) is 7.90. The summed E-state index contributed by atoms with van der Waals surface area (Å²) in [6.45, 7) is 5.08. The lowest BCUT2D eigenvalue weighted by atomic mass is 9.95. The van der Waals surface area contributed by atoms with E-state index in [2.05, 4.69) is 6.92 Å². The minimum absolute atomic E-state index is 0.582. The molecule has 2 heteroatoms. The van der Waals surface area contributed by atoms with Gasteiger partial charge in [0.2, 0.25) is 0 Å². The fourth-order valence-corrected chi connectivity index (χ4v) is 2.42. The van der Waals surface area contributed by atoms with Gasteiger partial charge in [0.1, 0.15) is 0 Å². The molecule has 1 saturated heterocycles. The summed E-state index contributed by atoms with van der Waals surface area (Å²) in [6.07, 6.45) is 2.65. The number of rotatable bonds is 2. The molecule has 2 nitrogen and oxygen atoms in total. The molecule has 2 N–H and O–H groups in total. The van der Waals surface area contributed by atoms with Gasteiger partial charge in [-0.1, -0.05) is 6.92 Å². The van der Waals surface area contributed by atoms with Gasteiger partial charge in [-0.2, -0.15) is 0 Å². The van der Waals surface area contributed by atoms with Gasteiger partial charge >= 0.3 is 0 Å². The van der Waals surface area contributed by atoms with E-state index in [0.717, 1.165) is 25.7 Å². The first-order chi connectivity index (χ1) is 5.28. The molecule has 1 saturated carbocycles. The highest BCUT2D eigenvalue weighted by atomic mass is 16.5. The van der Waals surface area contributed by atoms with Gasteiger partial charge in [0.25, 0.3) is 0 Å². The van der Waals surface area contributed by atoms with Gasteiger partial charge in [-0.15, -0.1) is 0 Å². The highest BCUT2D eigenvalue weighted by Gasteiger charge is 2.57. The number of hydrogen-bond acceptors (Lipinski definition) is 2. The Morgan fingerprint density at radius 3 is 3.09 bits per heavy atom. The summed E-state index contributed by atoms with van der Waals surface area (Å²) in [6, 6.07) is 0. The molecule has 1 spiro atoms. The van der Waals surface area contributed by atoms with E-state index in [0.29, 0.717) is 11.3 Å². The van der Waals surface area contributed by atoms with Crippen molar-refractivity contribution in [1.82, 2.24) is 0 Å². The van der Waals surface area contributed by atoms with Crippen LogP contribution in [0.25, 0.3) is 0 Å². The highest BCUT2D eigenvalue weighted by molar-refractivity contribution is 5.06. The average molecular weight is 155 g/mol. The van der Waals surface area contributed by atoms with Crippen molar-refractivity contribution in [3.8, 4) is 0 Å². The molecule has 0 amide bonds. The quantitative estimate of drug-likeness (QED) is 0.646. The molecule has 3 atom stereocenters. The molecule has 0 radical (unpaired) electrons. The molecule has 2 aliphatic rings. The summed E-state index contributed by atoms with van der Waals surface area (Å²) >= 11 is 0. The summed E-state index contributed by atoms with van der Waals surface area (Å²) in [4.78, 5) is 0. The fourth-order valence-electron chi connectivity index (χ4n) is 2.42. The molecule has 3 unspecified atom stereocenters. The van der Waals surface area contributed by atoms with Crippen molar-refractivity contribution in [3.05, 3.63) is 0 Å². The minimum Gasteiger partial charge on any atom is -0.381 e. The van der Waals surface area contributed by atoms with Crippen LogP contribution >= 0.6 is 0 Å². The van der Waals surface area contributed by atoms with Crippen LogP contribution in [0.4, 0.5) is 0 Å². The van der Waals surface area contributed by atoms with E-state index in [4.69, 9.17) is 10.5 Å². The van der Waals surface area contributed by atoms with Crippen LogP contribution in [0.2, 0.25) is 0 Å². The van der Waals surface area contributed by atoms with E-state index in [-0.39, 0.29) is 0 Å². The second kappa shape index (κ2) is 2.46. The third-order valence-corrected chi connectivity index (χ3v) is 3.45.